The summed E-state index contributed by atoms with van der Waals surface area (Å²) < 4.78 is 2.42. The molecule has 122 valence electrons. The molecule has 6 rings (SSSR count). The van der Waals surface area contributed by atoms with Crippen LogP contribution in [0.5, 0.6) is 0 Å². The first-order valence-electron chi connectivity index (χ1n) is 8.70. The molecule has 2 fully saturated rings. The molecule has 2 amide bonds. The molecule has 2 bridgehead atoms. The summed E-state index contributed by atoms with van der Waals surface area (Å²) in [5.74, 6) is 0.204. The Bertz CT molecular complexity index is 1080. The number of allylic oxidation sites excluding steroid dienone is 2. The number of benzene rings is 2. The monoisotopic (exact) mass is 345 g/mol. The first-order chi connectivity index (χ1) is 12.2. The number of imide groups is 1. The predicted octanol–water partition coefficient (Wildman–Crippen LogP) is 4.37. The van der Waals surface area contributed by atoms with Crippen LogP contribution in [0.25, 0.3) is 20.2 Å². The van der Waals surface area contributed by atoms with Crippen molar-refractivity contribution < 1.29 is 9.59 Å². The molecule has 1 aliphatic heterocycles. The maximum absolute atomic E-state index is 13.0. The fraction of sp³-hybridized carbons (Fsp3) is 0.238. The molecule has 3 aliphatic rings. The van der Waals surface area contributed by atoms with Crippen molar-refractivity contribution in [2.24, 2.45) is 23.7 Å². The first-order valence-corrected chi connectivity index (χ1v) is 9.51. The van der Waals surface area contributed by atoms with Crippen LogP contribution in [0.1, 0.15) is 6.42 Å². The third-order valence-electron chi connectivity index (χ3n) is 6.09. The number of rotatable bonds is 1. The van der Waals surface area contributed by atoms with Crippen molar-refractivity contribution >= 4 is 49.0 Å². The number of hydrogen-bond acceptors (Lipinski definition) is 3. The summed E-state index contributed by atoms with van der Waals surface area (Å²) in [6, 6.07) is 14.3. The van der Waals surface area contributed by atoms with Crippen LogP contribution in [0.2, 0.25) is 0 Å². The van der Waals surface area contributed by atoms with Crippen LogP contribution >= 0.6 is 11.3 Å². The molecule has 2 heterocycles. The van der Waals surface area contributed by atoms with Gasteiger partial charge in [0.1, 0.15) is 0 Å². The average Bonchev–Trinajstić information content (AvgIpc) is 3.37. The summed E-state index contributed by atoms with van der Waals surface area (Å²) >= 11 is 1.74. The zero-order chi connectivity index (χ0) is 16.7. The van der Waals surface area contributed by atoms with E-state index in [-0.39, 0.29) is 35.5 Å². The standard InChI is InChI=1S/C21H15NO2S/c23-20-18-11-5-6-12(9-11)19(18)21(24)22(20)13-7-8-17-15(10-13)14-3-1-2-4-16(14)25-17/h1-8,10-12,18-19H,9H2/t11-,12+,18-,19-/m0/s1. The Labute approximate surface area is 148 Å². The number of nitrogens with zero attached hydrogens (tertiary/aromatic N) is 1. The molecular weight excluding hydrogens is 330 g/mol. The van der Waals surface area contributed by atoms with Gasteiger partial charge in [0.15, 0.2) is 0 Å². The van der Waals surface area contributed by atoms with E-state index in [0.29, 0.717) is 0 Å². The largest absolute Gasteiger partial charge is 0.274 e. The van der Waals surface area contributed by atoms with Gasteiger partial charge in [0.05, 0.1) is 17.5 Å². The normalized spacial score (nSPS) is 30.2. The number of hydrogen-bond donors (Lipinski definition) is 0. The number of carbonyl (C=O) groups is 2. The molecule has 1 aromatic heterocycles. The quantitative estimate of drug-likeness (QED) is 0.485. The second-order valence-corrected chi connectivity index (χ2v) is 8.37. The van der Waals surface area contributed by atoms with Gasteiger partial charge in [0.2, 0.25) is 11.8 Å². The van der Waals surface area contributed by atoms with Gasteiger partial charge in [-0.15, -0.1) is 11.3 Å². The minimum absolute atomic E-state index is 0.00858. The third-order valence-corrected chi connectivity index (χ3v) is 7.24. The SMILES string of the molecule is O=C1[C@@H]2[C@@H](C(=O)N1c1ccc3sc4ccccc4c3c1)[C@H]1C=C[C@@H]2C1. The van der Waals surface area contributed by atoms with Crippen molar-refractivity contribution in [2.45, 2.75) is 6.42 Å². The van der Waals surface area contributed by atoms with Crippen molar-refractivity contribution in [3.05, 3.63) is 54.6 Å². The van der Waals surface area contributed by atoms with Gasteiger partial charge in [0, 0.05) is 20.2 Å². The van der Waals surface area contributed by atoms with E-state index < -0.39 is 0 Å². The molecule has 0 spiro atoms. The molecule has 0 unspecified atom stereocenters. The third kappa shape index (κ3) is 1.65. The Kier molecular flexibility index (Phi) is 2.53. The van der Waals surface area contributed by atoms with Crippen molar-refractivity contribution in [2.75, 3.05) is 4.90 Å². The second-order valence-electron chi connectivity index (χ2n) is 7.29. The fourth-order valence-corrected chi connectivity index (χ4v) is 6.10. The van der Waals surface area contributed by atoms with Gasteiger partial charge in [0.25, 0.3) is 0 Å². The molecule has 1 saturated carbocycles. The molecule has 3 nitrogen and oxygen atoms in total. The molecular formula is C21H15NO2S. The van der Waals surface area contributed by atoms with Crippen LogP contribution in [-0.4, -0.2) is 11.8 Å². The van der Waals surface area contributed by atoms with E-state index in [0.717, 1.165) is 17.5 Å². The van der Waals surface area contributed by atoms with Gasteiger partial charge < -0.3 is 0 Å². The summed E-state index contributed by atoms with van der Waals surface area (Å²) in [4.78, 5) is 27.5. The van der Waals surface area contributed by atoms with Crippen LogP contribution in [0, 0.1) is 23.7 Å². The Morgan fingerprint density at radius 3 is 2.28 bits per heavy atom. The minimum Gasteiger partial charge on any atom is -0.274 e. The molecule has 4 heteroatoms. The van der Waals surface area contributed by atoms with Gasteiger partial charge >= 0.3 is 0 Å². The molecule has 0 radical (unpaired) electrons. The van der Waals surface area contributed by atoms with Crippen molar-refractivity contribution in [3.8, 4) is 0 Å². The van der Waals surface area contributed by atoms with Crippen LogP contribution in [0.3, 0.4) is 0 Å². The second kappa shape index (κ2) is 4.58. The fourth-order valence-electron chi connectivity index (χ4n) is 5.01. The smallest absolute Gasteiger partial charge is 0.238 e. The van der Waals surface area contributed by atoms with E-state index in [1.165, 1.54) is 19.7 Å². The van der Waals surface area contributed by atoms with E-state index >= 15 is 0 Å². The Morgan fingerprint density at radius 2 is 1.52 bits per heavy atom. The van der Waals surface area contributed by atoms with Crippen LogP contribution in [-0.2, 0) is 9.59 Å². The number of fused-ring (bicyclic) bond motifs is 8. The summed E-state index contributed by atoms with van der Waals surface area (Å²) in [6.07, 6.45) is 5.24. The lowest BCUT2D eigenvalue weighted by Gasteiger charge is -2.17. The van der Waals surface area contributed by atoms with Crippen molar-refractivity contribution in [3.63, 3.8) is 0 Å². The zero-order valence-corrected chi connectivity index (χ0v) is 14.2. The highest BCUT2D eigenvalue weighted by atomic mass is 32.1. The maximum Gasteiger partial charge on any atom is 0.238 e. The van der Waals surface area contributed by atoms with E-state index in [2.05, 4.69) is 24.3 Å². The molecule has 2 aromatic carbocycles. The molecule has 25 heavy (non-hydrogen) atoms. The molecule has 3 aromatic rings. The number of carbonyl (C=O) groups excluding carboxylic acids is 2. The Hall–Kier alpha value is -2.46. The summed E-state index contributed by atoms with van der Waals surface area (Å²) in [6.45, 7) is 0. The van der Waals surface area contributed by atoms with E-state index in [4.69, 9.17) is 0 Å². The van der Waals surface area contributed by atoms with Gasteiger partial charge in [-0.2, -0.15) is 0 Å². The predicted molar refractivity (Wildman–Crippen MR) is 99.5 cm³/mol. The molecule has 4 atom stereocenters. The van der Waals surface area contributed by atoms with Crippen molar-refractivity contribution in [1.29, 1.82) is 0 Å². The highest BCUT2D eigenvalue weighted by Crippen LogP contribution is 2.53. The molecule has 2 aliphatic carbocycles. The summed E-state index contributed by atoms with van der Waals surface area (Å²) in [5.41, 5.74) is 0.722. The van der Waals surface area contributed by atoms with Crippen LogP contribution in [0.4, 0.5) is 5.69 Å². The molecule has 0 N–H and O–H groups in total. The topological polar surface area (TPSA) is 37.4 Å². The van der Waals surface area contributed by atoms with Gasteiger partial charge in [-0.1, -0.05) is 30.4 Å². The van der Waals surface area contributed by atoms with E-state index in [9.17, 15) is 9.59 Å². The number of amides is 2. The van der Waals surface area contributed by atoms with Crippen LogP contribution in [0.15, 0.2) is 54.6 Å². The number of anilines is 1. The summed E-state index contributed by atoms with van der Waals surface area (Å²) in [5, 5.41) is 2.31. The van der Waals surface area contributed by atoms with E-state index in [1.807, 2.05) is 30.3 Å². The first kappa shape index (κ1) is 13.8. The van der Waals surface area contributed by atoms with Crippen molar-refractivity contribution in [1.82, 2.24) is 0 Å². The highest BCUT2D eigenvalue weighted by molar-refractivity contribution is 7.25. The maximum atomic E-state index is 13.0. The minimum atomic E-state index is -0.141. The zero-order valence-electron chi connectivity index (χ0n) is 13.4. The average molecular weight is 345 g/mol. The lowest BCUT2D eigenvalue weighted by atomic mass is 9.85. The summed E-state index contributed by atoms with van der Waals surface area (Å²) in [7, 11) is 0. The number of thiophene rings is 1. The molecule has 1 saturated heterocycles. The van der Waals surface area contributed by atoms with Gasteiger partial charge in [-0.05, 0) is 42.5 Å². The lowest BCUT2D eigenvalue weighted by Crippen LogP contribution is -2.32. The van der Waals surface area contributed by atoms with Gasteiger partial charge in [-0.3, -0.25) is 9.59 Å². The Morgan fingerprint density at radius 1 is 0.840 bits per heavy atom. The van der Waals surface area contributed by atoms with Gasteiger partial charge in [-0.25, -0.2) is 4.90 Å². The Balaban J connectivity index is 1.50. The highest BCUT2D eigenvalue weighted by Gasteiger charge is 2.59. The van der Waals surface area contributed by atoms with E-state index in [1.54, 1.807) is 11.3 Å². The lowest BCUT2D eigenvalue weighted by molar-refractivity contribution is -0.123. The van der Waals surface area contributed by atoms with Crippen LogP contribution < -0.4 is 4.90 Å².